The first kappa shape index (κ1) is 24.2. The molecule has 182 valence electrons. The minimum absolute atomic E-state index is 0.0299. The highest BCUT2D eigenvalue weighted by Gasteiger charge is 2.25. The fourth-order valence-corrected chi connectivity index (χ4v) is 4.84. The number of amides is 3. The van der Waals surface area contributed by atoms with E-state index in [1.54, 1.807) is 35.2 Å². The zero-order chi connectivity index (χ0) is 23.9. The number of rotatable bonds is 7. The van der Waals surface area contributed by atoms with Crippen molar-refractivity contribution in [2.24, 2.45) is 7.05 Å². The maximum atomic E-state index is 12.9. The van der Waals surface area contributed by atoms with Gasteiger partial charge in [-0.3, -0.25) is 19.3 Å². The molecule has 1 aromatic heterocycles. The van der Waals surface area contributed by atoms with Crippen LogP contribution in [0.25, 0.3) is 0 Å². The molecule has 2 saturated heterocycles. The van der Waals surface area contributed by atoms with Crippen molar-refractivity contribution in [1.29, 1.82) is 0 Å². The molecular formula is C23H31N7O3S. The van der Waals surface area contributed by atoms with Gasteiger partial charge in [0.05, 0.1) is 12.3 Å². The Morgan fingerprint density at radius 2 is 1.65 bits per heavy atom. The van der Waals surface area contributed by atoms with Crippen molar-refractivity contribution >= 4 is 35.2 Å². The van der Waals surface area contributed by atoms with E-state index in [0.29, 0.717) is 49.1 Å². The van der Waals surface area contributed by atoms with Gasteiger partial charge in [0.2, 0.25) is 11.8 Å². The van der Waals surface area contributed by atoms with Crippen LogP contribution in [0.1, 0.15) is 29.6 Å². The zero-order valence-electron chi connectivity index (χ0n) is 19.5. The van der Waals surface area contributed by atoms with Crippen molar-refractivity contribution in [3.8, 4) is 0 Å². The van der Waals surface area contributed by atoms with E-state index in [0.717, 1.165) is 25.9 Å². The molecule has 1 aromatic carbocycles. The second-order valence-corrected chi connectivity index (χ2v) is 9.59. The van der Waals surface area contributed by atoms with Crippen molar-refractivity contribution < 1.29 is 14.4 Å². The van der Waals surface area contributed by atoms with Crippen LogP contribution in [-0.2, 0) is 16.6 Å². The van der Waals surface area contributed by atoms with Crippen molar-refractivity contribution in [2.45, 2.75) is 24.4 Å². The van der Waals surface area contributed by atoms with Crippen LogP contribution in [0.5, 0.6) is 0 Å². The van der Waals surface area contributed by atoms with Crippen LogP contribution in [0.2, 0.25) is 0 Å². The Bertz CT molecular complexity index is 996. The Hall–Kier alpha value is -2.92. The van der Waals surface area contributed by atoms with E-state index < -0.39 is 0 Å². The van der Waals surface area contributed by atoms with Gasteiger partial charge in [0, 0.05) is 57.6 Å². The lowest BCUT2D eigenvalue weighted by Crippen LogP contribution is -2.52. The van der Waals surface area contributed by atoms with Gasteiger partial charge in [-0.25, -0.2) is 0 Å². The summed E-state index contributed by atoms with van der Waals surface area (Å²) < 4.78 is 1.75. The normalized spacial score (nSPS) is 17.0. The second kappa shape index (κ2) is 11.5. The van der Waals surface area contributed by atoms with Crippen LogP contribution < -0.4 is 5.32 Å². The van der Waals surface area contributed by atoms with Crippen LogP contribution in [0.3, 0.4) is 0 Å². The Morgan fingerprint density at radius 1 is 0.941 bits per heavy atom. The number of nitrogens with one attached hydrogen (secondary N) is 1. The van der Waals surface area contributed by atoms with Gasteiger partial charge in [-0.15, -0.1) is 10.2 Å². The van der Waals surface area contributed by atoms with Gasteiger partial charge in [0.15, 0.2) is 5.16 Å². The molecule has 2 aliphatic heterocycles. The number of carbonyl (C=O) groups is 3. The van der Waals surface area contributed by atoms with Crippen LogP contribution >= 0.6 is 11.8 Å². The minimum atomic E-state index is -0.151. The minimum Gasteiger partial charge on any atom is -0.342 e. The van der Waals surface area contributed by atoms with Crippen molar-refractivity contribution in [3.05, 3.63) is 36.2 Å². The summed E-state index contributed by atoms with van der Waals surface area (Å²) in [6.45, 7) is 4.77. The van der Waals surface area contributed by atoms with E-state index in [4.69, 9.17) is 0 Å². The van der Waals surface area contributed by atoms with Crippen LogP contribution in [0.15, 0.2) is 35.7 Å². The summed E-state index contributed by atoms with van der Waals surface area (Å²) in [6.07, 6.45) is 4.99. The van der Waals surface area contributed by atoms with E-state index in [9.17, 15) is 14.4 Å². The molecule has 0 unspecified atom stereocenters. The number of hydrogen-bond donors (Lipinski definition) is 1. The first-order valence-electron chi connectivity index (χ1n) is 11.7. The molecule has 3 amide bonds. The topological polar surface area (TPSA) is 104 Å². The highest BCUT2D eigenvalue weighted by Crippen LogP contribution is 2.16. The van der Waals surface area contributed by atoms with Crippen molar-refractivity contribution in [1.82, 2.24) is 29.5 Å². The highest BCUT2D eigenvalue weighted by molar-refractivity contribution is 7.99. The predicted octanol–water partition coefficient (Wildman–Crippen LogP) is 1.32. The van der Waals surface area contributed by atoms with E-state index in [2.05, 4.69) is 20.4 Å². The van der Waals surface area contributed by atoms with Gasteiger partial charge in [-0.1, -0.05) is 11.8 Å². The maximum absolute atomic E-state index is 12.9. The number of nitrogens with zero attached hydrogens (tertiary/aromatic N) is 6. The number of aryl methyl sites for hydroxylation is 1. The summed E-state index contributed by atoms with van der Waals surface area (Å²) in [5.74, 6) is 0.240. The summed E-state index contributed by atoms with van der Waals surface area (Å²) in [6, 6.07) is 6.96. The monoisotopic (exact) mass is 485 g/mol. The summed E-state index contributed by atoms with van der Waals surface area (Å²) in [5, 5.41) is 11.2. The largest absolute Gasteiger partial charge is 0.342 e. The molecule has 3 heterocycles. The standard InChI is InChI=1S/C23H31N7O3S/c1-27-17-24-26-23(27)34-16-20(31)25-19-7-5-18(6-8-19)22(33)30-13-11-28(12-14-30)15-21(32)29-9-3-2-4-10-29/h5-8,17H,2-4,9-16H2,1H3,(H,25,31). The Morgan fingerprint density at radius 3 is 2.29 bits per heavy atom. The van der Waals surface area contributed by atoms with E-state index in [1.165, 1.54) is 18.2 Å². The number of aromatic nitrogens is 3. The summed E-state index contributed by atoms with van der Waals surface area (Å²) in [4.78, 5) is 43.5. The smallest absolute Gasteiger partial charge is 0.253 e. The fourth-order valence-electron chi connectivity index (χ4n) is 4.15. The number of carbonyl (C=O) groups excluding carboxylic acids is 3. The van der Waals surface area contributed by atoms with E-state index in [-0.39, 0.29) is 23.5 Å². The Kier molecular flexibility index (Phi) is 8.17. The molecule has 11 heteroatoms. The molecule has 34 heavy (non-hydrogen) atoms. The SMILES string of the molecule is Cn1cnnc1SCC(=O)Nc1ccc(C(=O)N2CCN(CC(=O)N3CCCCC3)CC2)cc1. The quantitative estimate of drug-likeness (QED) is 0.590. The first-order chi connectivity index (χ1) is 16.5. The number of benzene rings is 1. The molecule has 10 nitrogen and oxygen atoms in total. The third-order valence-electron chi connectivity index (χ3n) is 6.14. The lowest BCUT2D eigenvalue weighted by molar-refractivity contribution is -0.133. The molecule has 2 fully saturated rings. The van der Waals surface area contributed by atoms with Gasteiger partial charge in [0.25, 0.3) is 5.91 Å². The molecule has 0 spiro atoms. The van der Waals surface area contributed by atoms with Gasteiger partial charge in [-0.05, 0) is 43.5 Å². The summed E-state index contributed by atoms with van der Waals surface area (Å²) in [7, 11) is 1.82. The van der Waals surface area contributed by atoms with Gasteiger partial charge in [-0.2, -0.15) is 0 Å². The fraction of sp³-hybridized carbons (Fsp3) is 0.522. The molecule has 2 aliphatic rings. The molecule has 2 aromatic rings. The lowest BCUT2D eigenvalue weighted by atomic mass is 10.1. The summed E-state index contributed by atoms with van der Waals surface area (Å²) in [5.41, 5.74) is 1.23. The van der Waals surface area contributed by atoms with Gasteiger partial charge < -0.3 is 19.7 Å². The van der Waals surface area contributed by atoms with Crippen molar-refractivity contribution in [3.63, 3.8) is 0 Å². The number of likely N-dealkylation sites (tertiary alicyclic amines) is 1. The molecule has 1 N–H and O–H groups in total. The number of anilines is 1. The first-order valence-corrected chi connectivity index (χ1v) is 12.6. The summed E-state index contributed by atoms with van der Waals surface area (Å²) >= 11 is 1.31. The number of hydrogen-bond acceptors (Lipinski definition) is 7. The maximum Gasteiger partial charge on any atom is 0.253 e. The molecule has 0 bridgehead atoms. The Balaban J connectivity index is 1.21. The third-order valence-corrected chi connectivity index (χ3v) is 7.18. The molecule has 0 atom stereocenters. The van der Waals surface area contributed by atoms with E-state index in [1.807, 2.05) is 16.8 Å². The average Bonchev–Trinajstić information content (AvgIpc) is 3.28. The molecular weight excluding hydrogens is 454 g/mol. The number of thioether (sulfide) groups is 1. The molecule has 4 rings (SSSR count). The average molecular weight is 486 g/mol. The molecule has 0 radical (unpaired) electrons. The van der Waals surface area contributed by atoms with E-state index >= 15 is 0 Å². The van der Waals surface area contributed by atoms with Gasteiger partial charge >= 0.3 is 0 Å². The van der Waals surface area contributed by atoms with Crippen molar-refractivity contribution in [2.75, 3.05) is 56.9 Å². The molecule has 0 aliphatic carbocycles. The zero-order valence-corrected chi connectivity index (χ0v) is 20.3. The predicted molar refractivity (Wildman–Crippen MR) is 130 cm³/mol. The van der Waals surface area contributed by atoms with Crippen LogP contribution in [0, 0.1) is 0 Å². The highest BCUT2D eigenvalue weighted by atomic mass is 32.2. The van der Waals surface area contributed by atoms with Crippen LogP contribution in [0.4, 0.5) is 5.69 Å². The number of piperazine rings is 1. The number of piperidine rings is 1. The van der Waals surface area contributed by atoms with Crippen LogP contribution in [-0.4, -0.2) is 98.8 Å². The van der Waals surface area contributed by atoms with Gasteiger partial charge in [0.1, 0.15) is 6.33 Å². The second-order valence-electron chi connectivity index (χ2n) is 8.65. The third kappa shape index (κ3) is 6.35. The Labute approximate surface area is 203 Å². The molecule has 0 saturated carbocycles. The lowest BCUT2D eigenvalue weighted by Gasteiger charge is -2.36.